The second-order valence-corrected chi connectivity index (χ2v) is 6.70. The Kier molecular flexibility index (Phi) is 6.63. The highest BCUT2D eigenvalue weighted by atomic mass is 15.2. The molecule has 0 spiro atoms. The predicted octanol–water partition coefficient (Wildman–Crippen LogP) is 3.45. The van der Waals surface area contributed by atoms with Gasteiger partial charge >= 0.3 is 0 Å². The van der Waals surface area contributed by atoms with Gasteiger partial charge < -0.3 is 5.32 Å². The maximum atomic E-state index is 4.58. The summed E-state index contributed by atoms with van der Waals surface area (Å²) in [6.45, 7) is 14.1. The highest BCUT2D eigenvalue weighted by molar-refractivity contribution is 5.14. The van der Waals surface area contributed by atoms with E-state index < -0.39 is 0 Å². The van der Waals surface area contributed by atoms with Crippen molar-refractivity contribution in [1.82, 2.24) is 15.2 Å². The van der Waals surface area contributed by atoms with E-state index >= 15 is 0 Å². The van der Waals surface area contributed by atoms with Crippen LogP contribution in [-0.2, 0) is 13.1 Å². The molecule has 0 saturated heterocycles. The SMILES string of the molecule is CCC(C)(C)N(C)Cc1ccc(CNCC(C)C)cn1. The molecular weight excluding hydrogens is 246 g/mol. The first-order chi connectivity index (χ1) is 9.35. The molecule has 0 aliphatic rings. The summed E-state index contributed by atoms with van der Waals surface area (Å²) in [5.41, 5.74) is 2.62. The van der Waals surface area contributed by atoms with E-state index in [4.69, 9.17) is 0 Å². The first kappa shape index (κ1) is 17.1. The van der Waals surface area contributed by atoms with Gasteiger partial charge in [0.1, 0.15) is 0 Å². The van der Waals surface area contributed by atoms with E-state index in [1.807, 2.05) is 6.20 Å². The molecule has 1 aromatic rings. The smallest absolute Gasteiger partial charge is 0.0544 e. The van der Waals surface area contributed by atoms with Crippen molar-refractivity contribution in [3.8, 4) is 0 Å². The quantitative estimate of drug-likeness (QED) is 0.789. The molecule has 0 aliphatic heterocycles. The van der Waals surface area contributed by atoms with Crippen LogP contribution in [0, 0.1) is 5.92 Å². The minimum atomic E-state index is 0.221. The average Bonchev–Trinajstić information content (AvgIpc) is 2.40. The summed E-state index contributed by atoms with van der Waals surface area (Å²) in [7, 11) is 2.17. The molecule has 0 bridgehead atoms. The maximum Gasteiger partial charge on any atom is 0.0544 e. The number of nitrogens with one attached hydrogen (secondary N) is 1. The highest BCUT2D eigenvalue weighted by Crippen LogP contribution is 2.18. The third-order valence-corrected chi connectivity index (χ3v) is 4.07. The van der Waals surface area contributed by atoms with Crippen LogP contribution in [-0.4, -0.2) is 29.0 Å². The van der Waals surface area contributed by atoms with Crippen LogP contribution in [0.5, 0.6) is 0 Å². The van der Waals surface area contributed by atoms with E-state index in [1.165, 1.54) is 5.56 Å². The molecule has 0 aromatic carbocycles. The molecule has 1 rings (SSSR count). The van der Waals surface area contributed by atoms with E-state index in [-0.39, 0.29) is 5.54 Å². The molecule has 20 heavy (non-hydrogen) atoms. The Bertz CT molecular complexity index is 382. The number of nitrogens with zero attached hydrogens (tertiary/aromatic N) is 2. The summed E-state index contributed by atoms with van der Waals surface area (Å²) < 4.78 is 0. The lowest BCUT2D eigenvalue weighted by Crippen LogP contribution is -2.39. The largest absolute Gasteiger partial charge is 0.312 e. The molecule has 3 nitrogen and oxygen atoms in total. The van der Waals surface area contributed by atoms with Crippen LogP contribution in [0.25, 0.3) is 0 Å². The van der Waals surface area contributed by atoms with Crippen molar-refractivity contribution < 1.29 is 0 Å². The zero-order valence-electron chi connectivity index (χ0n) is 14.0. The Labute approximate surface area is 124 Å². The Morgan fingerprint density at radius 1 is 1.30 bits per heavy atom. The minimum Gasteiger partial charge on any atom is -0.312 e. The van der Waals surface area contributed by atoms with Gasteiger partial charge in [0, 0.05) is 24.8 Å². The molecular formula is C17H31N3. The van der Waals surface area contributed by atoms with Gasteiger partial charge in [0.2, 0.25) is 0 Å². The van der Waals surface area contributed by atoms with Crippen LogP contribution in [0.2, 0.25) is 0 Å². The molecule has 0 atom stereocenters. The lowest BCUT2D eigenvalue weighted by Gasteiger charge is -2.34. The van der Waals surface area contributed by atoms with E-state index in [2.05, 4.69) is 69.0 Å². The van der Waals surface area contributed by atoms with E-state index in [9.17, 15) is 0 Å². The summed E-state index contributed by atoms with van der Waals surface area (Å²) in [6.07, 6.45) is 3.14. The van der Waals surface area contributed by atoms with Gasteiger partial charge in [-0.15, -0.1) is 0 Å². The fourth-order valence-corrected chi connectivity index (χ4v) is 1.89. The monoisotopic (exact) mass is 277 g/mol. The zero-order chi connectivity index (χ0) is 15.2. The van der Waals surface area contributed by atoms with Crippen LogP contribution in [0.4, 0.5) is 0 Å². The van der Waals surface area contributed by atoms with Crippen molar-refractivity contribution in [3.63, 3.8) is 0 Å². The van der Waals surface area contributed by atoms with Crippen molar-refractivity contribution in [2.45, 2.75) is 59.7 Å². The number of pyridine rings is 1. The third kappa shape index (κ3) is 5.59. The topological polar surface area (TPSA) is 28.2 Å². The van der Waals surface area contributed by atoms with Gasteiger partial charge in [0.25, 0.3) is 0 Å². The van der Waals surface area contributed by atoms with Gasteiger partial charge in [-0.25, -0.2) is 0 Å². The number of hydrogen-bond acceptors (Lipinski definition) is 3. The Morgan fingerprint density at radius 2 is 2.00 bits per heavy atom. The molecule has 1 N–H and O–H groups in total. The van der Waals surface area contributed by atoms with Crippen LogP contribution in [0.3, 0.4) is 0 Å². The van der Waals surface area contributed by atoms with Gasteiger partial charge in [0.15, 0.2) is 0 Å². The first-order valence-corrected chi connectivity index (χ1v) is 7.71. The fourth-order valence-electron chi connectivity index (χ4n) is 1.89. The van der Waals surface area contributed by atoms with Crippen LogP contribution in [0.1, 0.15) is 52.3 Å². The van der Waals surface area contributed by atoms with Crippen LogP contribution < -0.4 is 5.32 Å². The summed E-state index contributed by atoms with van der Waals surface area (Å²) in [6, 6.07) is 4.33. The van der Waals surface area contributed by atoms with E-state index in [1.54, 1.807) is 0 Å². The van der Waals surface area contributed by atoms with Gasteiger partial charge in [0.05, 0.1) is 5.69 Å². The average molecular weight is 277 g/mol. The molecule has 3 heteroatoms. The van der Waals surface area contributed by atoms with Gasteiger partial charge in [-0.2, -0.15) is 0 Å². The van der Waals surface area contributed by atoms with Crippen LogP contribution >= 0.6 is 0 Å². The molecule has 0 fully saturated rings. The molecule has 0 saturated carbocycles. The molecule has 0 amide bonds. The predicted molar refractivity (Wildman–Crippen MR) is 86.6 cm³/mol. The standard InChI is InChI=1S/C17H31N3/c1-7-17(4,5)20(6)13-16-9-8-15(12-19-16)11-18-10-14(2)3/h8-9,12,14,18H,7,10-11,13H2,1-6H3. The lowest BCUT2D eigenvalue weighted by molar-refractivity contribution is 0.141. The number of hydrogen-bond donors (Lipinski definition) is 1. The molecule has 0 radical (unpaired) electrons. The van der Waals surface area contributed by atoms with Crippen molar-refractivity contribution in [3.05, 3.63) is 29.6 Å². The van der Waals surface area contributed by atoms with Crippen LogP contribution in [0.15, 0.2) is 18.3 Å². The molecule has 0 aliphatic carbocycles. The Hall–Kier alpha value is -0.930. The second-order valence-electron chi connectivity index (χ2n) is 6.70. The fraction of sp³-hybridized carbons (Fsp3) is 0.706. The summed E-state index contributed by atoms with van der Waals surface area (Å²) in [5.74, 6) is 0.687. The summed E-state index contributed by atoms with van der Waals surface area (Å²) in [4.78, 5) is 6.95. The van der Waals surface area contributed by atoms with Crippen molar-refractivity contribution in [2.24, 2.45) is 5.92 Å². The summed E-state index contributed by atoms with van der Waals surface area (Å²) in [5, 5.41) is 3.44. The van der Waals surface area contributed by atoms with E-state index in [0.717, 1.165) is 31.7 Å². The number of aromatic nitrogens is 1. The zero-order valence-corrected chi connectivity index (χ0v) is 14.0. The third-order valence-electron chi connectivity index (χ3n) is 4.07. The molecule has 0 unspecified atom stereocenters. The normalized spacial score (nSPS) is 12.4. The minimum absolute atomic E-state index is 0.221. The molecule has 1 heterocycles. The van der Waals surface area contributed by atoms with Crippen molar-refractivity contribution in [2.75, 3.05) is 13.6 Å². The molecule has 1 aromatic heterocycles. The first-order valence-electron chi connectivity index (χ1n) is 7.71. The Morgan fingerprint density at radius 3 is 2.50 bits per heavy atom. The number of rotatable bonds is 8. The van der Waals surface area contributed by atoms with Gasteiger partial charge in [-0.05, 0) is 51.4 Å². The highest BCUT2D eigenvalue weighted by Gasteiger charge is 2.21. The van der Waals surface area contributed by atoms with Gasteiger partial charge in [-0.3, -0.25) is 9.88 Å². The van der Waals surface area contributed by atoms with Crippen molar-refractivity contribution >= 4 is 0 Å². The van der Waals surface area contributed by atoms with Gasteiger partial charge in [-0.1, -0.05) is 26.8 Å². The van der Waals surface area contributed by atoms with Crippen molar-refractivity contribution in [1.29, 1.82) is 0 Å². The summed E-state index contributed by atoms with van der Waals surface area (Å²) >= 11 is 0. The Balaban J connectivity index is 2.50. The second kappa shape index (κ2) is 7.75. The lowest BCUT2D eigenvalue weighted by atomic mass is 10.00. The maximum absolute atomic E-state index is 4.58. The van der Waals surface area contributed by atoms with E-state index in [0.29, 0.717) is 5.92 Å². The molecule has 114 valence electrons.